The first kappa shape index (κ1) is 6.56. The Morgan fingerprint density at radius 3 is 3.58 bits per heavy atom. The van der Waals surface area contributed by atoms with Crippen LogP contribution >= 0.6 is 0 Å². The van der Waals surface area contributed by atoms with Crippen molar-refractivity contribution in [2.45, 2.75) is 18.8 Å². The smallest absolute Gasteiger partial charge is 0.0941 e. The van der Waals surface area contributed by atoms with Crippen molar-refractivity contribution in [2.75, 3.05) is 13.1 Å². The molecule has 0 aliphatic carbocycles. The SMILES string of the molecule is c1nnn2c1CO[C@@H]1CNC[C@@H]12. The van der Waals surface area contributed by atoms with Gasteiger partial charge in [0.25, 0.3) is 0 Å². The third-order valence-corrected chi connectivity index (χ3v) is 2.54. The Kier molecular flexibility index (Phi) is 1.24. The highest BCUT2D eigenvalue weighted by Gasteiger charge is 2.34. The monoisotopic (exact) mass is 166 g/mol. The van der Waals surface area contributed by atoms with E-state index in [1.807, 2.05) is 4.68 Å². The standard InChI is InChI=1S/C7H10N4O/c1-5-4-12-7-3-8-2-6(7)11(5)10-9-1/h1,6-8H,2-4H2/t6-,7+/m0/s1. The molecule has 0 radical (unpaired) electrons. The van der Waals surface area contributed by atoms with Crippen LogP contribution in [0.1, 0.15) is 11.7 Å². The highest BCUT2D eigenvalue weighted by atomic mass is 16.5. The highest BCUT2D eigenvalue weighted by molar-refractivity contribution is 5.01. The van der Waals surface area contributed by atoms with E-state index in [-0.39, 0.29) is 0 Å². The van der Waals surface area contributed by atoms with Crippen molar-refractivity contribution < 1.29 is 4.74 Å². The first-order valence-electron chi connectivity index (χ1n) is 4.16. The topological polar surface area (TPSA) is 52.0 Å². The molecule has 2 atom stereocenters. The van der Waals surface area contributed by atoms with Crippen LogP contribution < -0.4 is 5.32 Å². The molecule has 1 aromatic heterocycles. The number of hydrogen-bond acceptors (Lipinski definition) is 4. The van der Waals surface area contributed by atoms with E-state index in [0.717, 1.165) is 18.8 Å². The number of nitrogens with one attached hydrogen (secondary N) is 1. The molecule has 0 aromatic carbocycles. The summed E-state index contributed by atoms with van der Waals surface area (Å²) in [5.41, 5.74) is 1.08. The second-order valence-corrected chi connectivity index (χ2v) is 3.24. The first-order chi connectivity index (χ1) is 5.95. The van der Waals surface area contributed by atoms with Gasteiger partial charge >= 0.3 is 0 Å². The summed E-state index contributed by atoms with van der Waals surface area (Å²) in [6.07, 6.45) is 2.06. The van der Waals surface area contributed by atoms with Gasteiger partial charge in [0.05, 0.1) is 30.6 Å². The average molecular weight is 166 g/mol. The van der Waals surface area contributed by atoms with E-state index in [9.17, 15) is 0 Å². The van der Waals surface area contributed by atoms with Gasteiger partial charge in [-0.05, 0) is 0 Å². The molecule has 0 bridgehead atoms. The van der Waals surface area contributed by atoms with E-state index in [1.165, 1.54) is 0 Å². The Hall–Kier alpha value is -0.940. The van der Waals surface area contributed by atoms with Gasteiger partial charge in [-0.2, -0.15) is 0 Å². The zero-order chi connectivity index (χ0) is 7.97. The minimum Gasteiger partial charge on any atom is -0.368 e. The van der Waals surface area contributed by atoms with Crippen LogP contribution in [0, 0.1) is 0 Å². The summed E-state index contributed by atoms with van der Waals surface area (Å²) in [5.74, 6) is 0. The van der Waals surface area contributed by atoms with E-state index >= 15 is 0 Å². The van der Waals surface area contributed by atoms with Gasteiger partial charge in [0.2, 0.25) is 0 Å². The van der Waals surface area contributed by atoms with Gasteiger partial charge in [0.1, 0.15) is 0 Å². The van der Waals surface area contributed by atoms with E-state index in [2.05, 4.69) is 15.6 Å². The molecule has 0 spiro atoms. The number of ether oxygens (including phenoxy) is 1. The van der Waals surface area contributed by atoms with Crippen LogP contribution in [0.2, 0.25) is 0 Å². The van der Waals surface area contributed by atoms with Crippen LogP contribution in [0.4, 0.5) is 0 Å². The lowest BCUT2D eigenvalue weighted by Crippen LogP contribution is -2.32. The number of rotatable bonds is 0. The summed E-state index contributed by atoms with van der Waals surface area (Å²) < 4.78 is 7.60. The minimum absolute atomic E-state index is 0.291. The Morgan fingerprint density at radius 1 is 1.58 bits per heavy atom. The van der Waals surface area contributed by atoms with Crippen molar-refractivity contribution in [3.8, 4) is 0 Å². The lowest BCUT2D eigenvalue weighted by Gasteiger charge is -2.25. The Labute approximate surface area is 69.7 Å². The molecule has 12 heavy (non-hydrogen) atoms. The molecule has 1 saturated heterocycles. The summed E-state index contributed by atoms with van der Waals surface area (Å²) in [6, 6.07) is 0.358. The summed E-state index contributed by atoms with van der Waals surface area (Å²) in [6.45, 7) is 2.53. The van der Waals surface area contributed by atoms with Crippen molar-refractivity contribution >= 4 is 0 Å². The number of nitrogens with zero attached hydrogens (tertiary/aromatic N) is 3. The predicted octanol–water partition coefficient (Wildman–Crippen LogP) is -0.679. The minimum atomic E-state index is 0.291. The maximum absolute atomic E-state index is 5.62. The molecule has 1 N–H and O–H groups in total. The largest absolute Gasteiger partial charge is 0.368 e. The highest BCUT2D eigenvalue weighted by Crippen LogP contribution is 2.25. The van der Waals surface area contributed by atoms with Gasteiger partial charge in [-0.3, -0.25) is 0 Å². The molecule has 1 fully saturated rings. The molecule has 3 heterocycles. The molecule has 1 aromatic rings. The lowest BCUT2D eigenvalue weighted by molar-refractivity contribution is -0.00289. The molecule has 5 heteroatoms. The van der Waals surface area contributed by atoms with Gasteiger partial charge < -0.3 is 10.1 Å². The molecule has 0 amide bonds. The molecular formula is C7H10N4O. The van der Waals surface area contributed by atoms with Crippen molar-refractivity contribution in [3.63, 3.8) is 0 Å². The van der Waals surface area contributed by atoms with Crippen LogP contribution in [0.25, 0.3) is 0 Å². The second-order valence-electron chi connectivity index (χ2n) is 3.24. The van der Waals surface area contributed by atoms with Crippen molar-refractivity contribution in [1.29, 1.82) is 0 Å². The zero-order valence-corrected chi connectivity index (χ0v) is 6.60. The fourth-order valence-electron chi connectivity index (χ4n) is 1.89. The van der Waals surface area contributed by atoms with Gasteiger partial charge in [-0.25, -0.2) is 4.68 Å². The van der Waals surface area contributed by atoms with Gasteiger partial charge in [-0.1, -0.05) is 5.21 Å². The van der Waals surface area contributed by atoms with Gasteiger partial charge in [0.15, 0.2) is 0 Å². The third kappa shape index (κ3) is 0.748. The molecule has 2 aliphatic rings. The molecular weight excluding hydrogens is 156 g/mol. The van der Waals surface area contributed by atoms with Crippen molar-refractivity contribution in [1.82, 2.24) is 20.3 Å². The first-order valence-corrected chi connectivity index (χ1v) is 4.16. The molecule has 0 unspecified atom stereocenters. The molecule has 5 nitrogen and oxygen atoms in total. The van der Waals surface area contributed by atoms with E-state index < -0.39 is 0 Å². The van der Waals surface area contributed by atoms with E-state index in [0.29, 0.717) is 18.8 Å². The van der Waals surface area contributed by atoms with Crippen molar-refractivity contribution in [3.05, 3.63) is 11.9 Å². The molecule has 0 saturated carbocycles. The van der Waals surface area contributed by atoms with Gasteiger partial charge in [-0.15, -0.1) is 5.10 Å². The van der Waals surface area contributed by atoms with Crippen LogP contribution in [0.15, 0.2) is 6.20 Å². The third-order valence-electron chi connectivity index (χ3n) is 2.54. The summed E-state index contributed by atoms with van der Waals surface area (Å²) in [7, 11) is 0. The van der Waals surface area contributed by atoms with Gasteiger partial charge in [0, 0.05) is 13.1 Å². The van der Waals surface area contributed by atoms with Crippen molar-refractivity contribution in [2.24, 2.45) is 0 Å². The van der Waals surface area contributed by atoms with Crippen LogP contribution in [-0.4, -0.2) is 34.2 Å². The van der Waals surface area contributed by atoms with Crippen LogP contribution in [0.3, 0.4) is 0 Å². The Morgan fingerprint density at radius 2 is 2.58 bits per heavy atom. The fraction of sp³-hybridized carbons (Fsp3) is 0.714. The second kappa shape index (κ2) is 2.27. The summed E-state index contributed by atoms with van der Waals surface area (Å²) >= 11 is 0. The maximum atomic E-state index is 5.62. The predicted molar refractivity (Wildman–Crippen MR) is 40.5 cm³/mol. The number of fused-ring (bicyclic) bond motifs is 3. The zero-order valence-electron chi connectivity index (χ0n) is 6.60. The summed E-state index contributed by atoms with van der Waals surface area (Å²) in [5, 5.41) is 11.2. The van der Waals surface area contributed by atoms with E-state index in [4.69, 9.17) is 4.74 Å². The summed E-state index contributed by atoms with van der Waals surface area (Å²) in [4.78, 5) is 0. The molecule has 64 valence electrons. The Balaban J connectivity index is 2.04. The molecule has 3 rings (SSSR count). The van der Waals surface area contributed by atoms with Crippen LogP contribution in [-0.2, 0) is 11.3 Å². The molecule has 2 aliphatic heterocycles. The fourth-order valence-corrected chi connectivity index (χ4v) is 1.89. The number of hydrogen-bond donors (Lipinski definition) is 1. The van der Waals surface area contributed by atoms with Crippen LogP contribution in [0.5, 0.6) is 0 Å². The normalized spacial score (nSPS) is 33.0. The quantitative estimate of drug-likeness (QED) is 0.555. The number of aromatic nitrogens is 3. The maximum Gasteiger partial charge on any atom is 0.0941 e. The average Bonchev–Trinajstić information content (AvgIpc) is 2.71. The lowest BCUT2D eigenvalue weighted by atomic mass is 10.2. The van der Waals surface area contributed by atoms with E-state index in [1.54, 1.807) is 6.20 Å². The Bertz CT molecular complexity index is 297.